The number of para-hydroxylation sites is 1. The molecule has 0 amide bonds. The summed E-state index contributed by atoms with van der Waals surface area (Å²) in [4.78, 5) is 18.3. The third-order valence-corrected chi connectivity index (χ3v) is 6.28. The lowest BCUT2D eigenvalue weighted by Crippen LogP contribution is -2.48. The number of ether oxygens (including phenoxy) is 1. The van der Waals surface area contributed by atoms with Crippen molar-refractivity contribution in [2.45, 2.75) is 18.9 Å². The summed E-state index contributed by atoms with van der Waals surface area (Å²) in [5.74, 6) is -0.623. The van der Waals surface area contributed by atoms with Crippen molar-refractivity contribution in [1.82, 2.24) is 9.88 Å². The van der Waals surface area contributed by atoms with E-state index in [9.17, 15) is 9.90 Å². The van der Waals surface area contributed by atoms with Crippen LogP contribution in [0.1, 0.15) is 23.7 Å². The van der Waals surface area contributed by atoms with Crippen LogP contribution in [0.2, 0.25) is 0 Å². The van der Waals surface area contributed by atoms with Crippen LogP contribution in [0.4, 0.5) is 0 Å². The summed E-state index contributed by atoms with van der Waals surface area (Å²) in [6.07, 6.45) is 3.79. The van der Waals surface area contributed by atoms with Crippen molar-refractivity contribution in [3.8, 4) is 0 Å². The van der Waals surface area contributed by atoms with Crippen molar-refractivity contribution in [1.29, 1.82) is 0 Å². The highest BCUT2D eigenvalue weighted by molar-refractivity contribution is 5.85. The predicted octanol–water partition coefficient (Wildman–Crippen LogP) is 2.67. The fourth-order valence-electron chi connectivity index (χ4n) is 4.94. The van der Waals surface area contributed by atoms with Gasteiger partial charge in [0.25, 0.3) is 0 Å². The van der Waals surface area contributed by atoms with Gasteiger partial charge in [0.1, 0.15) is 0 Å². The number of hydrogen-bond donors (Lipinski definition) is 2. The van der Waals surface area contributed by atoms with Gasteiger partial charge in [-0.1, -0.05) is 24.3 Å². The summed E-state index contributed by atoms with van der Waals surface area (Å²) in [6, 6.07) is 8.68. The van der Waals surface area contributed by atoms with Gasteiger partial charge in [0.05, 0.1) is 25.7 Å². The van der Waals surface area contributed by atoms with E-state index in [4.69, 9.17) is 4.74 Å². The molecule has 138 valence electrons. The minimum Gasteiger partial charge on any atom is -0.469 e. The predicted molar refractivity (Wildman–Crippen MR) is 101 cm³/mol. The number of aliphatic hydroxyl groups excluding tert-OH is 1. The summed E-state index contributed by atoms with van der Waals surface area (Å²) in [5, 5.41) is 11.1. The number of esters is 1. The number of hydrogen-bond acceptors (Lipinski definition) is 4. The minimum atomic E-state index is -0.500. The van der Waals surface area contributed by atoms with Crippen molar-refractivity contribution < 1.29 is 14.6 Å². The Bertz CT molecular complexity index is 828. The topological polar surface area (TPSA) is 65.6 Å². The zero-order valence-electron chi connectivity index (χ0n) is 15.1. The zero-order valence-corrected chi connectivity index (χ0v) is 15.1. The molecule has 26 heavy (non-hydrogen) atoms. The first-order chi connectivity index (χ1) is 12.7. The van der Waals surface area contributed by atoms with E-state index in [1.54, 1.807) is 0 Å². The molecule has 1 fully saturated rings. The van der Waals surface area contributed by atoms with Crippen LogP contribution in [-0.2, 0) is 16.0 Å². The average Bonchev–Trinajstić information content (AvgIpc) is 3.07. The smallest absolute Gasteiger partial charge is 0.311 e. The van der Waals surface area contributed by atoms with Gasteiger partial charge in [-0.2, -0.15) is 0 Å². The summed E-state index contributed by atoms with van der Waals surface area (Å²) >= 11 is 0. The Morgan fingerprint density at radius 2 is 2.31 bits per heavy atom. The Morgan fingerprint density at radius 3 is 3.04 bits per heavy atom. The molecule has 5 nitrogen and oxygen atoms in total. The molecule has 4 rings (SSSR count). The lowest BCUT2D eigenvalue weighted by Gasteiger charge is -2.47. The number of carbonyl (C=O) groups excluding carboxylic acids is 1. The number of aliphatic hydroxyl groups is 1. The SMILES string of the molecule is C=C[C@H]1CN2CCc3c([nH]c4ccccc34)[C@@H]2C[C@H]1[C@H](CO)C(=O)OC. The molecular formula is C21H26N2O3. The van der Waals surface area contributed by atoms with Crippen LogP contribution in [0.5, 0.6) is 0 Å². The molecule has 0 bridgehead atoms. The van der Waals surface area contributed by atoms with E-state index < -0.39 is 5.92 Å². The molecular weight excluding hydrogens is 328 g/mol. The maximum atomic E-state index is 12.2. The summed E-state index contributed by atoms with van der Waals surface area (Å²) < 4.78 is 4.95. The van der Waals surface area contributed by atoms with E-state index in [0.717, 1.165) is 25.9 Å². The van der Waals surface area contributed by atoms with Gasteiger partial charge >= 0.3 is 5.97 Å². The molecule has 0 radical (unpaired) electrons. The molecule has 0 saturated carbocycles. The first-order valence-electron chi connectivity index (χ1n) is 9.32. The first kappa shape index (κ1) is 17.3. The number of carbonyl (C=O) groups is 1. The number of nitrogens with zero attached hydrogens (tertiary/aromatic N) is 1. The third kappa shape index (κ3) is 2.66. The largest absolute Gasteiger partial charge is 0.469 e. The van der Waals surface area contributed by atoms with Gasteiger partial charge in [-0.3, -0.25) is 9.69 Å². The van der Waals surface area contributed by atoms with Crippen LogP contribution in [0.15, 0.2) is 36.9 Å². The quantitative estimate of drug-likeness (QED) is 0.654. The van der Waals surface area contributed by atoms with E-state index in [1.807, 2.05) is 6.08 Å². The van der Waals surface area contributed by atoms with E-state index >= 15 is 0 Å². The van der Waals surface area contributed by atoms with Crippen LogP contribution >= 0.6 is 0 Å². The molecule has 0 spiro atoms. The van der Waals surface area contributed by atoms with E-state index in [2.05, 4.69) is 40.7 Å². The molecule has 1 aromatic carbocycles. The highest BCUT2D eigenvalue weighted by Gasteiger charge is 2.43. The lowest BCUT2D eigenvalue weighted by molar-refractivity contribution is -0.151. The monoisotopic (exact) mass is 354 g/mol. The van der Waals surface area contributed by atoms with Gasteiger partial charge in [-0.25, -0.2) is 0 Å². The van der Waals surface area contributed by atoms with Crippen LogP contribution in [0.25, 0.3) is 10.9 Å². The highest BCUT2D eigenvalue weighted by Crippen LogP contribution is 2.45. The number of methoxy groups -OCH3 is 1. The molecule has 1 aromatic heterocycles. The molecule has 0 unspecified atom stereocenters. The second-order valence-electron chi connectivity index (χ2n) is 7.43. The third-order valence-electron chi connectivity index (χ3n) is 6.28. The molecule has 3 heterocycles. The van der Waals surface area contributed by atoms with Crippen molar-refractivity contribution in [3.05, 3.63) is 48.2 Å². The zero-order chi connectivity index (χ0) is 18.3. The van der Waals surface area contributed by atoms with Gasteiger partial charge in [0, 0.05) is 29.7 Å². The number of nitrogens with one attached hydrogen (secondary N) is 1. The highest BCUT2D eigenvalue weighted by atomic mass is 16.5. The van der Waals surface area contributed by atoms with Gasteiger partial charge in [0.15, 0.2) is 0 Å². The van der Waals surface area contributed by atoms with E-state index in [-0.39, 0.29) is 30.5 Å². The number of rotatable bonds is 4. The Labute approximate surface area is 153 Å². The fourth-order valence-corrected chi connectivity index (χ4v) is 4.94. The molecule has 2 aliphatic rings. The number of piperidine rings is 1. The Morgan fingerprint density at radius 1 is 1.50 bits per heavy atom. The van der Waals surface area contributed by atoms with Gasteiger partial charge in [0.2, 0.25) is 0 Å². The van der Waals surface area contributed by atoms with Crippen molar-refractivity contribution in [2.75, 3.05) is 26.8 Å². The normalized spacial score (nSPS) is 26.8. The summed E-state index contributed by atoms with van der Waals surface area (Å²) in [6.45, 7) is 5.67. The van der Waals surface area contributed by atoms with Gasteiger partial charge in [-0.05, 0) is 36.3 Å². The Balaban J connectivity index is 1.71. The van der Waals surface area contributed by atoms with Gasteiger partial charge in [-0.15, -0.1) is 6.58 Å². The van der Waals surface area contributed by atoms with Crippen LogP contribution in [-0.4, -0.2) is 47.8 Å². The van der Waals surface area contributed by atoms with E-state index in [0.29, 0.717) is 0 Å². The summed E-state index contributed by atoms with van der Waals surface area (Å²) in [7, 11) is 1.39. The second-order valence-corrected chi connectivity index (χ2v) is 7.43. The fraction of sp³-hybridized carbons (Fsp3) is 0.476. The standard InChI is InChI=1S/C21H26N2O3/c1-3-13-11-23-9-8-15-14-6-4-5-7-18(14)22-20(15)19(23)10-16(13)17(12-24)21(25)26-2/h3-7,13,16-17,19,22,24H,1,8-12H2,2H3/t13-,16+,17-,19-/m0/s1. The number of benzene rings is 1. The number of fused-ring (bicyclic) bond motifs is 5. The molecule has 4 atom stereocenters. The second kappa shape index (κ2) is 6.89. The molecule has 5 heteroatoms. The van der Waals surface area contributed by atoms with Crippen molar-refractivity contribution in [3.63, 3.8) is 0 Å². The van der Waals surface area contributed by atoms with Crippen LogP contribution < -0.4 is 0 Å². The minimum absolute atomic E-state index is 0.0311. The Hall–Kier alpha value is -2.11. The first-order valence-corrected chi connectivity index (χ1v) is 9.32. The van der Waals surface area contributed by atoms with Crippen molar-refractivity contribution >= 4 is 16.9 Å². The molecule has 2 aromatic rings. The number of H-pyrrole nitrogens is 1. The maximum absolute atomic E-state index is 12.2. The van der Waals surface area contributed by atoms with Crippen molar-refractivity contribution in [2.24, 2.45) is 17.8 Å². The molecule has 1 saturated heterocycles. The average molecular weight is 354 g/mol. The Kier molecular flexibility index (Phi) is 4.59. The van der Waals surface area contributed by atoms with Crippen LogP contribution in [0, 0.1) is 17.8 Å². The van der Waals surface area contributed by atoms with E-state index in [1.165, 1.54) is 29.3 Å². The summed E-state index contributed by atoms with van der Waals surface area (Å²) in [5.41, 5.74) is 3.84. The molecule has 0 aliphatic carbocycles. The molecule has 2 aliphatic heterocycles. The number of aromatic nitrogens is 1. The molecule has 2 N–H and O–H groups in total. The lowest BCUT2D eigenvalue weighted by atomic mass is 9.72. The number of aromatic amines is 1. The van der Waals surface area contributed by atoms with Gasteiger partial charge < -0.3 is 14.8 Å². The maximum Gasteiger partial charge on any atom is 0.311 e. The van der Waals surface area contributed by atoms with Crippen LogP contribution in [0.3, 0.4) is 0 Å².